The topological polar surface area (TPSA) is 73.8 Å². The van der Waals surface area contributed by atoms with Crippen LogP contribution in [0.25, 0.3) is 0 Å². The van der Waals surface area contributed by atoms with Crippen molar-refractivity contribution in [2.75, 3.05) is 38.7 Å². The molecule has 0 aromatic carbocycles. The zero-order valence-corrected chi connectivity index (χ0v) is 13.1. The molecule has 0 aromatic heterocycles. The summed E-state index contributed by atoms with van der Waals surface area (Å²) in [4.78, 5) is 6.36. The van der Waals surface area contributed by atoms with Crippen molar-refractivity contribution in [1.82, 2.24) is 15.5 Å². The molecule has 0 radical (unpaired) electrons. The van der Waals surface area contributed by atoms with Crippen LogP contribution in [-0.2, 0) is 9.84 Å². The highest BCUT2D eigenvalue weighted by atomic mass is 32.2. The Morgan fingerprint density at radius 2 is 2.16 bits per heavy atom. The summed E-state index contributed by atoms with van der Waals surface area (Å²) in [6.07, 6.45) is 0.662. The Balaban J connectivity index is 2.31. The maximum absolute atomic E-state index is 11.4. The number of nitrogens with zero attached hydrogens (tertiary/aromatic N) is 2. The summed E-state index contributed by atoms with van der Waals surface area (Å²) >= 11 is 0. The molecule has 0 spiro atoms. The molecule has 7 heteroatoms. The van der Waals surface area contributed by atoms with Crippen molar-refractivity contribution in [3.8, 4) is 0 Å². The fourth-order valence-corrected chi connectivity index (χ4v) is 3.58. The van der Waals surface area contributed by atoms with E-state index in [0.29, 0.717) is 18.4 Å². The normalized spacial score (nSPS) is 23.1. The number of guanidine groups is 1. The van der Waals surface area contributed by atoms with Crippen LogP contribution in [0.15, 0.2) is 4.99 Å². The number of likely N-dealkylation sites (N-methyl/N-ethyl adjacent to an activating group) is 1. The van der Waals surface area contributed by atoms with Gasteiger partial charge in [0, 0.05) is 32.2 Å². The zero-order chi connectivity index (χ0) is 14.5. The van der Waals surface area contributed by atoms with Crippen molar-refractivity contribution < 1.29 is 8.42 Å². The number of sulfone groups is 1. The molecule has 1 aliphatic rings. The zero-order valence-electron chi connectivity index (χ0n) is 12.3. The largest absolute Gasteiger partial charge is 0.355 e. The lowest BCUT2D eigenvalue weighted by Crippen LogP contribution is -2.46. The smallest absolute Gasteiger partial charge is 0.191 e. The average molecular weight is 290 g/mol. The summed E-state index contributed by atoms with van der Waals surface area (Å²) in [7, 11) is 0.927. The predicted octanol–water partition coefficient (Wildman–Crippen LogP) is -0.321. The van der Waals surface area contributed by atoms with Gasteiger partial charge in [-0.2, -0.15) is 0 Å². The second-order valence-corrected chi connectivity index (χ2v) is 7.55. The highest BCUT2D eigenvalue weighted by Gasteiger charge is 2.28. The number of nitrogens with one attached hydrogen (secondary N) is 2. The van der Waals surface area contributed by atoms with Crippen LogP contribution in [0.3, 0.4) is 0 Å². The van der Waals surface area contributed by atoms with Crippen molar-refractivity contribution in [2.45, 2.75) is 32.4 Å². The monoisotopic (exact) mass is 290 g/mol. The van der Waals surface area contributed by atoms with E-state index in [1.165, 1.54) is 0 Å². The molecule has 0 amide bonds. The Morgan fingerprint density at radius 3 is 2.63 bits per heavy atom. The lowest BCUT2D eigenvalue weighted by molar-refractivity contribution is 0.278. The van der Waals surface area contributed by atoms with E-state index in [2.05, 4.69) is 41.4 Å². The van der Waals surface area contributed by atoms with Gasteiger partial charge in [-0.25, -0.2) is 8.42 Å². The standard InChI is InChI=1S/C12H26N4O2S/c1-10(2)16(4)7-6-14-12(13-3)15-11-5-8-19(17,18)9-11/h10-11H,5-9H2,1-4H3,(H2,13,14,15). The first-order valence-corrected chi connectivity index (χ1v) is 8.54. The minimum Gasteiger partial charge on any atom is -0.355 e. The molecule has 1 unspecified atom stereocenters. The first-order chi connectivity index (χ1) is 8.84. The van der Waals surface area contributed by atoms with Crippen LogP contribution < -0.4 is 10.6 Å². The summed E-state index contributed by atoms with van der Waals surface area (Å²) in [5, 5.41) is 6.38. The molecule has 0 aromatic rings. The molecule has 2 N–H and O–H groups in total. The fourth-order valence-electron chi connectivity index (χ4n) is 1.91. The lowest BCUT2D eigenvalue weighted by Gasteiger charge is -2.22. The molecule has 1 rings (SSSR count). The molecule has 1 atom stereocenters. The second kappa shape index (κ2) is 7.09. The molecule has 0 bridgehead atoms. The van der Waals surface area contributed by atoms with E-state index in [0.717, 1.165) is 13.1 Å². The molecule has 0 aliphatic carbocycles. The number of rotatable bonds is 5. The van der Waals surface area contributed by atoms with Crippen LogP contribution in [0, 0.1) is 0 Å². The van der Waals surface area contributed by atoms with Crippen LogP contribution in [0.5, 0.6) is 0 Å². The van der Waals surface area contributed by atoms with Gasteiger partial charge in [-0.1, -0.05) is 0 Å². The molecule has 112 valence electrons. The Labute approximate surface area is 116 Å². The summed E-state index contributed by atoms with van der Waals surface area (Å²) < 4.78 is 22.8. The molecule has 0 saturated carbocycles. The summed E-state index contributed by atoms with van der Waals surface area (Å²) in [5.74, 6) is 1.16. The van der Waals surface area contributed by atoms with Crippen LogP contribution in [0.4, 0.5) is 0 Å². The number of hydrogen-bond donors (Lipinski definition) is 2. The average Bonchev–Trinajstić information content (AvgIpc) is 2.67. The van der Waals surface area contributed by atoms with Crippen LogP contribution in [0.1, 0.15) is 20.3 Å². The van der Waals surface area contributed by atoms with Gasteiger partial charge in [0.1, 0.15) is 0 Å². The Morgan fingerprint density at radius 1 is 1.47 bits per heavy atom. The van der Waals surface area contributed by atoms with E-state index in [9.17, 15) is 8.42 Å². The Bertz CT molecular complexity index is 406. The van der Waals surface area contributed by atoms with E-state index >= 15 is 0 Å². The summed E-state index contributed by atoms with van der Waals surface area (Å²) in [6, 6.07) is 0.496. The molecule has 19 heavy (non-hydrogen) atoms. The molecule has 6 nitrogen and oxygen atoms in total. The van der Waals surface area contributed by atoms with Crippen LogP contribution in [-0.4, -0.2) is 70.1 Å². The fraction of sp³-hybridized carbons (Fsp3) is 0.917. The molecular formula is C12H26N4O2S. The summed E-state index contributed by atoms with van der Waals surface area (Å²) in [5.41, 5.74) is 0. The lowest BCUT2D eigenvalue weighted by atomic mass is 10.3. The third-order valence-electron chi connectivity index (χ3n) is 3.44. The van der Waals surface area contributed by atoms with Gasteiger partial charge in [-0.3, -0.25) is 4.99 Å². The van der Waals surface area contributed by atoms with Gasteiger partial charge in [0.05, 0.1) is 11.5 Å². The Kier molecular flexibility index (Phi) is 6.06. The third kappa shape index (κ3) is 5.78. The predicted molar refractivity (Wildman–Crippen MR) is 79.3 cm³/mol. The van der Waals surface area contributed by atoms with Gasteiger partial charge in [0.15, 0.2) is 15.8 Å². The number of aliphatic imine (C=N–C) groups is 1. The van der Waals surface area contributed by atoms with Crippen molar-refractivity contribution in [3.63, 3.8) is 0 Å². The SMILES string of the molecule is CN=C(NCCN(C)C(C)C)NC1CCS(=O)(=O)C1. The van der Waals surface area contributed by atoms with Gasteiger partial charge in [0.25, 0.3) is 0 Å². The van der Waals surface area contributed by atoms with E-state index in [1.54, 1.807) is 7.05 Å². The van der Waals surface area contributed by atoms with Crippen molar-refractivity contribution in [3.05, 3.63) is 0 Å². The first kappa shape index (κ1) is 16.2. The highest BCUT2D eigenvalue weighted by molar-refractivity contribution is 7.91. The third-order valence-corrected chi connectivity index (χ3v) is 5.20. The minimum atomic E-state index is -2.85. The van der Waals surface area contributed by atoms with Gasteiger partial charge >= 0.3 is 0 Å². The van der Waals surface area contributed by atoms with Gasteiger partial charge < -0.3 is 15.5 Å². The molecule has 1 aliphatic heterocycles. The number of hydrogen-bond acceptors (Lipinski definition) is 4. The Hall–Kier alpha value is -0.820. The van der Waals surface area contributed by atoms with Crippen LogP contribution in [0.2, 0.25) is 0 Å². The van der Waals surface area contributed by atoms with E-state index < -0.39 is 9.84 Å². The molecule has 1 heterocycles. The molecular weight excluding hydrogens is 264 g/mol. The van der Waals surface area contributed by atoms with Gasteiger partial charge in [-0.15, -0.1) is 0 Å². The van der Waals surface area contributed by atoms with Crippen molar-refractivity contribution >= 4 is 15.8 Å². The summed E-state index contributed by atoms with van der Waals surface area (Å²) in [6.45, 7) is 6.00. The maximum Gasteiger partial charge on any atom is 0.191 e. The minimum absolute atomic E-state index is 0.0148. The van der Waals surface area contributed by atoms with Gasteiger partial charge in [0.2, 0.25) is 0 Å². The molecule has 1 fully saturated rings. The van der Waals surface area contributed by atoms with Crippen molar-refractivity contribution in [2.24, 2.45) is 4.99 Å². The van der Waals surface area contributed by atoms with E-state index in [4.69, 9.17) is 0 Å². The second-order valence-electron chi connectivity index (χ2n) is 5.32. The first-order valence-electron chi connectivity index (χ1n) is 6.72. The van der Waals surface area contributed by atoms with Crippen LogP contribution >= 0.6 is 0 Å². The van der Waals surface area contributed by atoms with E-state index in [-0.39, 0.29) is 17.5 Å². The van der Waals surface area contributed by atoms with E-state index in [1.807, 2.05) is 0 Å². The van der Waals surface area contributed by atoms with Gasteiger partial charge in [-0.05, 0) is 27.3 Å². The molecule has 1 saturated heterocycles. The maximum atomic E-state index is 11.4. The highest BCUT2D eigenvalue weighted by Crippen LogP contribution is 2.10. The van der Waals surface area contributed by atoms with Crippen molar-refractivity contribution in [1.29, 1.82) is 0 Å². The quantitative estimate of drug-likeness (QED) is 0.536.